The van der Waals surface area contributed by atoms with E-state index in [0.717, 1.165) is 51.1 Å². The first-order valence-corrected chi connectivity index (χ1v) is 9.64. The molecule has 1 aromatic rings. The predicted molar refractivity (Wildman–Crippen MR) is 102 cm³/mol. The van der Waals surface area contributed by atoms with Crippen LogP contribution in [0.2, 0.25) is 0 Å². The van der Waals surface area contributed by atoms with Crippen LogP contribution in [-0.2, 0) is 11.3 Å². The first-order chi connectivity index (χ1) is 12.3. The summed E-state index contributed by atoms with van der Waals surface area (Å²) in [6, 6.07) is 4.35. The van der Waals surface area contributed by atoms with Crippen LogP contribution in [0.5, 0.6) is 0 Å². The highest BCUT2D eigenvalue weighted by molar-refractivity contribution is 5.79. The van der Waals surface area contributed by atoms with Crippen molar-refractivity contribution in [3.8, 4) is 0 Å². The van der Waals surface area contributed by atoms with Crippen LogP contribution in [0.25, 0.3) is 0 Å². The van der Waals surface area contributed by atoms with Crippen molar-refractivity contribution < 1.29 is 9.15 Å². The van der Waals surface area contributed by atoms with Gasteiger partial charge in [0.05, 0.1) is 19.5 Å². The summed E-state index contributed by atoms with van der Waals surface area (Å²) < 4.78 is 10.9. The third kappa shape index (κ3) is 6.36. The highest BCUT2D eigenvalue weighted by Gasteiger charge is 2.26. The van der Waals surface area contributed by atoms with Crippen molar-refractivity contribution in [2.75, 3.05) is 39.4 Å². The highest BCUT2D eigenvalue weighted by Crippen LogP contribution is 2.19. The Balaban J connectivity index is 1.98. The van der Waals surface area contributed by atoms with Crippen LogP contribution in [-0.4, -0.2) is 56.3 Å². The molecule has 1 aliphatic rings. The van der Waals surface area contributed by atoms with Crippen LogP contribution < -0.4 is 10.6 Å². The maximum atomic E-state index is 5.53. The molecule has 6 nitrogen and oxygen atoms in total. The van der Waals surface area contributed by atoms with Gasteiger partial charge in [-0.2, -0.15) is 0 Å². The number of morpholine rings is 1. The second kappa shape index (κ2) is 11.2. The summed E-state index contributed by atoms with van der Waals surface area (Å²) in [5, 5.41) is 6.88. The number of nitrogens with one attached hydrogen (secondary N) is 2. The summed E-state index contributed by atoms with van der Waals surface area (Å²) >= 11 is 0. The number of hydrogen-bond acceptors (Lipinski definition) is 4. The Kier molecular flexibility index (Phi) is 8.83. The number of furan rings is 1. The Morgan fingerprint density at radius 1 is 1.20 bits per heavy atom. The van der Waals surface area contributed by atoms with Gasteiger partial charge in [-0.15, -0.1) is 0 Å². The van der Waals surface area contributed by atoms with Gasteiger partial charge in [0, 0.05) is 32.2 Å². The Labute approximate surface area is 152 Å². The Morgan fingerprint density at radius 2 is 1.96 bits per heavy atom. The standard InChI is InChI=1S/C19H34N4O2/c1-4-16(5-2)18(23-9-12-24-13-10-23)15-22-19(20-6-3)21-14-17-8-7-11-25-17/h7-8,11,16,18H,4-6,9-10,12-15H2,1-3H3,(H2,20,21,22). The minimum absolute atomic E-state index is 0.506. The molecule has 0 amide bonds. The molecule has 1 atom stereocenters. The van der Waals surface area contributed by atoms with Crippen molar-refractivity contribution in [2.45, 2.75) is 46.2 Å². The SMILES string of the molecule is CCNC(=NCc1ccco1)NCC(C(CC)CC)N1CCOCC1. The molecule has 142 valence electrons. The van der Waals surface area contributed by atoms with E-state index in [1.165, 1.54) is 12.8 Å². The smallest absolute Gasteiger partial charge is 0.191 e. The number of ether oxygens (including phenoxy) is 1. The fourth-order valence-electron chi connectivity index (χ4n) is 3.44. The van der Waals surface area contributed by atoms with Crippen LogP contribution in [0.1, 0.15) is 39.4 Å². The molecule has 1 fully saturated rings. The minimum atomic E-state index is 0.506. The number of nitrogens with zero attached hydrogens (tertiary/aromatic N) is 2. The average molecular weight is 351 g/mol. The molecule has 2 N–H and O–H groups in total. The van der Waals surface area contributed by atoms with Crippen molar-refractivity contribution >= 4 is 5.96 Å². The summed E-state index contributed by atoms with van der Waals surface area (Å²) in [6.07, 6.45) is 4.08. The topological polar surface area (TPSA) is 62.0 Å². The second-order valence-electron chi connectivity index (χ2n) is 6.45. The Hall–Kier alpha value is -1.53. The van der Waals surface area contributed by atoms with Crippen LogP contribution in [0.4, 0.5) is 0 Å². The molecule has 6 heteroatoms. The van der Waals surface area contributed by atoms with Gasteiger partial charge in [-0.25, -0.2) is 4.99 Å². The minimum Gasteiger partial charge on any atom is -0.467 e. The molecule has 0 spiro atoms. The monoisotopic (exact) mass is 350 g/mol. The molecule has 1 aliphatic heterocycles. The van der Waals surface area contributed by atoms with Gasteiger partial charge in [0.2, 0.25) is 0 Å². The maximum absolute atomic E-state index is 5.53. The zero-order valence-electron chi connectivity index (χ0n) is 16.0. The molecule has 1 unspecified atom stereocenters. The zero-order valence-corrected chi connectivity index (χ0v) is 16.0. The van der Waals surface area contributed by atoms with E-state index in [-0.39, 0.29) is 0 Å². The summed E-state index contributed by atoms with van der Waals surface area (Å²) in [5.41, 5.74) is 0. The quantitative estimate of drug-likeness (QED) is 0.529. The fourth-order valence-corrected chi connectivity index (χ4v) is 3.44. The first kappa shape index (κ1) is 19.8. The van der Waals surface area contributed by atoms with Crippen LogP contribution in [0, 0.1) is 5.92 Å². The molecule has 2 heterocycles. The van der Waals surface area contributed by atoms with E-state index in [4.69, 9.17) is 9.15 Å². The van der Waals surface area contributed by atoms with Gasteiger partial charge in [-0.05, 0) is 25.0 Å². The van der Waals surface area contributed by atoms with Crippen molar-refractivity contribution in [1.29, 1.82) is 0 Å². The zero-order chi connectivity index (χ0) is 17.9. The summed E-state index contributed by atoms with van der Waals surface area (Å²) in [5.74, 6) is 2.41. The second-order valence-corrected chi connectivity index (χ2v) is 6.45. The molecule has 0 saturated carbocycles. The first-order valence-electron chi connectivity index (χ1n) is 9.64. The molecular formula is C19H34N4O2. The van der Waals surface area contributed by atoms with E-state index in [0.29, 0.717) is 18.5 Å². The Bertz CT molecular complexity index is 480. The van der Waals surface area contributed by atoms with Gasteiger partial charge in [0.25, 0.3) is 0 Å². The maximum Gasteiger partial charge on any atom is 0.191 e. The average Bonchev–Trinajstić information content (AvgIpc) is 3.17. The van der Waals surface area contributed by atoms with Crippen molar-refractivity contribution in [3.63, 3.8) is 0 Å². The third-order valence-electron chi connectivity index (χ3n) is 4.90. The van der Waals surface area contributed by atoms with E-state index in [9.17, 15) is 0 Å². The predicted octanol–water partition coefficient (Wildman–Crippen LogP) is 2.47. The number of hydrogen-bond donors (Lipinski definition) is 2. The van der Waals surface area contributed by atoms with Crippen LogP contribution in [0.3, 0.4) is 0 Å². The van der Waals surface area contributed by atoms with E-state index in [1.807, 2.05) is 12.1 Å². The fraction of sp³-hybridized carbons (Fsp3) is 0.737. The molecule has 25 heavy (non-hydrogen) atoms. The van der Waals surface area contributed by atoms with Crippen LogP contribution in [0.15, 0.2) is 27.8 Å². The Morgan fingerprint density at radius 3 is 2.56 bits per heavy atom. The normalized spacial score (nSPS) is 17.7. The molecule has 0 aliphatic carbocycles. The van der Waals surface area contributed by atoms with Gasteiger partial charge < -0.3 is 19.8 Å². The lowest BCUT2D eigenvalue weighted by Crippen LogP contribution is -2.53. The summed E-state index contributed by atoms with van der Waals surface area (Å²) in [7, 11) is 0. The number of rotatable bonds is 9. The number of aliphatic imine (C=N–C) groups is 1. The summed E-state index contributed by atoms with van der Waals surface area (Å²) in [6.45, 7) is 12.7. The summed E-state index contributed by atoms with van der Waals surface area (Å²) in [4.78, 5) is 7.22. The molecule has 2 rings (SSSR count). The molecule has 0 radical (unpaired) electrons. The van der Waals surface area contributed by atoms with E-state index < -0.39 is 0 Å². The molecule has 1 saturated heterocycles. The van der Waals surface area contributed by atoms with E-state index >= 15 is 0 Å². The van der Waals surface area contributed by atoms with Gasteiger partial charge >= 0.3 is 0 Å². The lowest BCUT2D eigenvalue weighted by molar-refractivity contribution is 0.00272. The van der Waals surface area contributed by atoms with Gasteiger partial charge in [-0.1, -0.05) is 26.7 Å². The molecule has 0 bridgehead atoms. The van der Waals surface area contributed by atoms with E-state index in [1.54, 1.807) is 6.26 Å². The lowest BCUT2D eigenvalue weighted by Gasteiger charge is -2.39. The molecule has 1 aromatic heterocycles. The molecule has 0 aromatic carbocycles. The van der Waals surface area contributed by atoms with Crippen molar-refractivity contribution in [3.05, 3.63) is 24.2 Å². The third-order valence-corrected chi connectivity index (χ3v) is 4.90. The number of guanidine groups is 1. The van der Waals surface area contributed by atoms with Gasteiger partial charge in [0.1, 0.15) is 12.3 Å². The highest BCUT2D eigenvalue weighted by atomic mass is 16.5. The lowest BCUT2D eigenvalue weighted by atomic mass is 9.92. The van der Waals surface area contributed by atoms with Gasteiger partial charge in [0.15, 0.2) is 5.96 Å². The van der Waals surface area contributed by atoms with Crippen molar-refractivity contribution in [2.24, 2.45) is 10.9 Å². The van der Waals surface area contributed by atoms with Gasteiger partial charge in [-0.3, -0.25) is 4.90 Å². The molecular weight excluding hydrogens is 316 g/mol. The largest absolute Gasteiger partial charge is 0.467 e. The van der Waals surface area contributed by atoms with Crippen LogP contribution >= 0.6 is 0 Å². The van der Waals surface area contributed by atoms with Crippen molar-refractivity contribution in [1.82, 2.24) is 15.5 Å². The van der Waals surface area contributed by atoms with E-state index in [2.05, 4.69) is 41.3 Å².